The predicted molar refractivity (Wildman–Crippen MR) is 98.0 cm³/mol. The normalized spacial score (nSPS) is 11.0. The van der Waals surface area contributed by atoms with Crippen molar-refractivity contribution in [3.63, 3.8) is 0 Å². The van der Waals surface area contributed by atoms with Crippen LogP contribution in [0.2, 0.25) is 0 Å². The highest BCUT2D eigenvalue weighted by molar-refractivity contribution is 6.07. The maximum absolute atomic E-state index is 12.6. The molecule has 0 spiro atoms. The second kappa shape index (κ2) is 7.94. The summed E-state index contributed by atoms with van der Waals surface area (Å²) >= 11 is 0. The number of nitrogens with one attached hydrogen (secondary N) is 1. The molecule has 1 heterocycles. The number of methoxy groups -OCH3 is 1. The fourth-order valence-corrected chi connectivity index (χ4v) is 2.30. The van der Waals surface area contributed by atoms with E-state index in [1.165, 1.54) is 39.4 Å². The third-order valence-corrected chi connectivity index (χ3v) is 3.96. The van der Waals surface area contributed by atoms with E-state index >= 15 is 0 Å². The number of carbonyl (C=O) groups excluding carboxylic acids is 1. The molecule has 0 atom stereocenters. The lowest BCUT2D eigenvalue weighted by molar-refractivity contribution is -0.385. The summed E-state index contributed by atoms with van der Waals surface area (Å²) in [5.74, 6) is -1.58. The number of ether oxygens (including phenoxy) is 2. The highest BCUT2D eigenvalue weighted by Crippen LogP contribution is 2.35. The van der Waals surface area contributed by atoms with Crippen molar-refractivity contribution in [3.8, 4) is 11.5 Å². The minimum absolute atomic E-state index is 0.143. The average Bonchev–Trinajstić information content (AvgIpc) is 3.10. The van der Waals surface area contributed by atoms with E-state index < -0.39 is 28.0 Å². The van der Waals surface area contributed by atoms with E-state index in [-0.39, 0.29) is 29.4 Å². The van der Waals surface area contributed by atoms with Gasteiger partial charge in [-0.25, -0.2) is 4.79 Å². The number of nitro benzene ring substituents is 1. The number of carbonyl (C=O) groups is 2. The first kappa shape index (κ1) is 20.7. The summed E-state index contributed by atoms with van der Waals surface area (Å²) in [7, 11) is 1.35. The molecule has 1 amide bonds. The zero-order valence-electron chi connectivity index (χ0n) is 15.8. The summed E-state index contributed by atoms with van der Waals surface area (Å²) in [6.07, 6.45) is 2.57. The molecule has 1 aromatic heterocycles. The number of carboxylic acid groups (broad SMARTS) is 1. The first-order chi connectivity index (χ1) is 13.1. The Labute approximate surface area is 160 Å². The Morgan fingerprint density at radius 2 is 2.04 bits per heavy atom. The van der Waals surface area contributed by atoms with Gasteiger partial charge in [0.25, 0.3) is 11.6 Å². The summed E-state index contributed by atoms with van der Waals surface area (Å²) in [5, 5.41) is 27.0. The SMILES string of the molecule is CCOc1cc([N+](=O)[O-])c(C(=O)Nc2cnn(C(C)(C)C(=O)O)c2)cc1OC. The smallest absolute Gasteiger partial charge is 0.331 e. The number of nitro groups is 1. The van der Waals surface area contributed by atoms with Crippen LogP contribution in [0.5, 0.6) is 11.5 Å². The van der Waals surface area contributed by atoms with Crippen molar-refractivity contribution in [2.45, 2.75) is 26.3 Å². The summed E-state index contributed by atoms with van der Waals surface area (Å²) in [6, 6.07) is 2.33. The van der Waals surface area contributed by atoms with E-state index in [1.54, 1.807) is 6.92 Å². The summed E-state index contributed by atoms with van der Waals surface area (Å²) in [6.45, 7) is 4.85. The minimum atomic E-state index is -1.34. The van der Waals surface area contributed by atoms with Gasteiger partial charge in [-0.05, 0) is 20.8 Å². The molecule has 0 bridgehead atoms. The molecule has 0 unspecified atom stereocenters. The van der Waals surface area contributed by atoms with Crippen molar-refractivity contribution in [1.29, 1.82) is 0 Å². The number of aliphatic carboxylic acids is 1. The van der Waals surface area contributed by atoms with Gasteiger partial charge in [-0.1, -0.05) is 0 Å². The van der Waals surface area contributed by atoms with Gasteiger partial charge in [0.15, 0.2) is 17.0 Å². The summed E-state index contributed by atoms with van der Waals surface area (Å²) in [5.41, 5.74) is -1.85. The third-order valence-electron chi connectivity index (χ3n) is 3.96. The molecule has 0 radical (unpaired) electrons. The lowest BCUT2D eigenvalue weighted by atomic mass is 10.1. The number of nitrogens with zero attached hydrogens (tertiary/aromatic N) is 3. The number of anilines is 1. The van der Waals surface area contributed by atoms with Crippen LogP contribution in [-0.4, -0.2) is 45.4 Å². The van der Waals surface area contributed by atoms with Crippen LogP contribution in [0.4, 0.5) is 11.4 Å². The highest BCUT2D eigenvalue weighted by atomic mass is 16.6. The van der Waals surface area contributed by atoms with Gasteiger partial charge in [0.05, 0.1) is 36.6 Å². The molecule has 11 heteroatoms. The molecule has 150 valence electrons. The van der Waals surface area contributed by atoms with E-state index in [1.807, 2.05) is 0 Å². The molecule has 2 aromatic rings. The Morgan fingerprint density at radius 3 is 2.57 bits per heavy atom. The maximum atomic E-state index is 12.6. The Hall–Kier alpha value is -3.63. The number of rotatable bonds is 8. The van der Waals surface area contributed by atoms with E-state index in [0.29, 0.717) is 0 Å². The molecule has 2 rings (SSSR count). The fraction of sp³-hybridized carbons (Fsp3) is 0.353. The van der Waals surface area contributed by atoms with Crippen LogP contribution in [0.15, 0.2) is 24.5 Å². The third kappa shape index (κ3) is 4.03. The fourth-order valence-electron chi connectivity index (χ4n) is 2.30. The van der Waals surface area contributed by atoms with Gasteiger partial charge in [-0.3, -0.25) is 19.6 Å². The van der Waals surface area contributed by atoms with Crippen LogP contribution < -0.4 is 14.8 Å². The Bertz CT molecular complexity index is 920. The summed E-state index contributed by atoms with van der Waals surface area (Å²) in [4.78, 5) is 34.6. The van der Waals surface area contributed by atoms with Gasteiger partial charge in [0, 0.05) is 12.3 Å². The first-order valence-electron chi connectivity index (χ1n) is 8.20. The lowest BCUT2D eigenvalue weighted by Crippen LogP contribution is -2.35. The predicted octanol–water partition coefficient (Wildman–Crippen LogP) is 2.27. The van der Waals surface area contributed by atoms with Crippen LogP contribution in [0.1, 0.15) is 31.1 Å². The molecule has 2 N–H and O–H groups in total. The number of aromatic nitrogens is 2. The topological polar surface area (TPSA) is 146 Å². The molecule has 0 saturated heterocycles. The van der Waals surface area contributed by atoms with Crippen LogP contribution >= 0.6 is 0 Å². The minimum Gasteiger partial charge on any atom is -0.493 e. The Morgan fingerprint density at radius 1 is 1.36 bits per heavy atom. The van der Waals surface area contributed by atoms with Crippen LogP contribution in [0.3, 0.4) is 0 Å². The zero-order chi connectivity index (χ0) is 21.1. The Kier molecular flexibility index (Phi) is 5.87. The molecular formula is C17H20N4O7. The molecule has 28 heavy (non-hydrogen) atoms. The van der Waals surface area contributed by atoms with Gasteiger partial charge < -0.3 is 19.9 Å². The van der Waals surface area contributed by atoms with Gasteiger partial charge in [0.2, 0.25) is 0 Å². The number of amides is 1. The highest BCUT2D eigenvalue weighted by Gasteiger charge is 2.31. The number of carboxylic acids is 1. The molecular weight excluding hydrogens is 372 g/mol. The van der Waals surface area contributed by atoms with Crippen LogP contribution in [0, 0.1) is 10.1 Å². The lowest BCUT2D eigenvalue weighted by Gasteiger charge is -2.19. The largest absolute Gasteiger partial charge is 0.493 e. The van der Waals surface area contributed by atoms with E-state index in [2.05, 4.69) is 10.4 Å². The molecule has 0 aliphatic carbocycles. The molecule has 0 aliphatic rings. The van der Waals surface area contributed by atoms with Gasteiger partial charge in [-0.2, -0.15) is 5.10 Å². The van der Waals surface area contributed by atoms with Crippen molar-refractivity contribution in [2.24, 2.45) is 0 Å². The number of hydrogen-bond donors (Lipinski definition) is 2. The van der Waals surface area contributed by atoms with E-state index in [4.69, 9.17) is 9.47 Å². The second-order valence-corrected chi connectivity index (χ2v) is 6.20. The number of benzene rings is 1. The quantitative estimate of drug-likeness (QED) is 0.514. The Balaban J connectivity index is 2.38. The van der Waals surface area contributed by atoms with Crippen molar-refractivity contribution in [1.82, 2.24) is 9.78 Å². The number of hydrogen-bond acceptors (Lipinski definition) is 7. The van der Waals surface area contributed by atoms with Crippen molar-refractivity contribution >= 4 is 23.3 Å². The van der Waals surface area contributed by atoms with Crippen molar-refractivity contribution in [3.05, 3.63) is 40.2 Å². The second-order valence-electron chi connectivity index (χ2n) is 6.20. The average molecular weight is 392 g/mol. The first-order valence-corrected chi connectivity index (χ1v) is 8.20. The van der Waals surface area contributed by atoms with E-state index in [9.17, 15) is 24.8 Å². The van der Waals surface area contributed by atoms with Crippen molar-refractivity contribution < 1.29 is 29.1 Å². The molecule has 0 fully saturated rings. The molecule has 11 nitrogen and oxygen atoms in total. The standard InChI is InChI=1S/C17H20N4O7/c1-5-28-14-7-12(21(25)26)11(6-13(14)27-4)15(22)19-10-8-18-20(9-10)17(2,3)16(23)24/h6-9H,5H2,1-4H3,(H,19,22)(H,23,24). The maximum Gasteiger partial charge on any atom is 0.331 e. The molecule has 0 aliphatic heterocycles. The molecule has 0 saturated carbocycles. The van der Waals surface area contributed by atoms with Gasteiger partial charge in [0.1, 0.15) is 5.56 Å². The van der Waals surface area contributed by atoms with Crippen LogP contribution in [-0.2, 0) is 10.3 Å². The van der Waals surface area contributed by atoms with Crippen molar-refractivity contribution in [2.75, 3.05) is 19.0 Å². The van der Waals surface area contributed by atoms with E-state index in [0.717, 1.165) is 10.7 Å². The van der Waals surface area contributed by atoms with Gasteiger partial charge in [-0.15, -0.1) is 0 Å². The zero-order valence-corrected chi connectivity index (χ0v) is 15.8. The van der Waals surface area contributed by atoms with Gasteiger partial charge >= 0.3 is 5.97 Å². The van der Waals surface area contributed by atoms with Crippen LogP contribution in [0.25, 0.3) is 0 Å². The monoisotopic (exact) mass is 392 g/mol. The summed E-state index contributed by atoms with van der Waals surface area (Å²) < 4.78 is 11.6. The molecule has 1 aromatic carbocycles.